The van der Waals surface area contributed by atoms with Gasteiger partial charge in [-0.05, 0) is 19.9 Å². The van der Waals surface area contributed by atoms with E-state index in [9.17, 15) is 4.79 Å². The number of rotatable bonds is 5. The predicted molar refractivity (Wildman–Crippen MR) is 56.9 cm³/mol. The molecule has 4 nitrogen and oxygen atoms in total. The fraction of sp³-hybridized carbons (Fsp3) is 0.900. The van der Waals surface area contributed by atoms with E-state index in [1.165, 1.54) is 0 Å². The maximum Gasteiger partial charge on any atom is 0.229 e. The van der Waals surface area contributed by atoms with E-state index in [2.05, 4.69) is 5.32 Å². The molecule has 0 bridgehead atoms. The number of likely N-dealkylation sites (N-methyl/N-ethyl adjacent to an activating group) is 2. The van der Waals surface area contributed by atoms with E-state index in [0.29, 0.717) is 6.54 Å². The van der Waals surface area contributed by atoms with Crippen molar-refractivity contribution in [1.29, 1.82) is 0 Å². The average Bonchev–Trinajstić information content (AvgIpc) is 2.13. The first-order valence-electron chi connectivity index (χ1n) is 5.26. The van der Waals surface area contributed by atoms with Crippen LogP contribution in [-0.4, -0.2) is 44.5 Å². The Labute approximate surface area is 85.8 Å². The van der Waals surface area contributed by atoms with Crippen LogP contribution in [0.4, 0.5) is 0 Å². The summed E-state index contributed by atoms with van der Waals surface area (Å²) in [5.74, 6) is 0.224. The third-order valence-corrected chi connectivity index (χ3v) is 3.20. The summed E-state index contributed by atoms with van der Waals surface area (Å²) in [7, 11) is 3.75. The number of nitrogens with two attached hydrogens (primary N) is 1. The van der Waals surface area contributed by atoms with Crippen molar-refractivity contribution in [3.63, 3.8) is 0 Å². The van der Waals surface area contributed by atoms with Gasteiger partial charge in [0, 0.05) is 26.7 Å². The van der Waals surface area contributed by atoms with Crippen LogP contribution in [0.3, 0.4) is 0 Å². The van der Waals surface area contributed by atoms with Gasteiger partial charge in [-0.2, -0.15) is 0 Å². The van der Waals surface area contributed by atoms with Crippen molar-refractivity contribution in [2.24, 2.45) is 11.1 Å². The van der Waals surface area contributed by atoms with Crippen molar-refractivity contribution in [3.8, 4) is 0 Å². The van der Waals surface area contributed by atoms with Crippen molar-refractivity contribution >= 4 is 5.91 Å². The maximum absolute atomic E-state index is 12.0. The lowest BCUT2D eigenvalue weighted by atomic mass is 9.68. The third kappa shape index (κ3) is 2.07. The van der Waals surface area contributed by atoms with Crippen molar-refractivity contribution in [1.82, 2.24) is 10.2 Å². The highest BCUT2D eigenvalue weighted by molar-refractivity contribution is 5.83. The van der Waals surface area contributed by atoms with Gasteiger partial charge in [-0.15, -0.1) is 0 Å². The Hall–Kier alpha value is -0.610. The van der Waals surface area contributed by atoms with Gasteiger partial charge in [0.25, 0.3) is 0 Å². The lowest BCUT2D eigenvalue weighted by Gasteiger charge is -2.41. The molecule has 0 aromatic rings. The van der Waals surface area contributed by atoms with Gasteiger partial charge in [-0.25, -0.2) is 0 Å². The summed E-state index contributed by atoms with van der Waals surface area (Å²) in [6.07, 6.45) is 3.07. The van der Waals surface area contributed by atoms with Gasteiger partial charge in [-0.1, -0.05) is 6.42 Å². The Balaban J connectivity index is 2.46. The smallest absolute Gasteiger partial charge is 0.229 e. The molecule has 1 fully saturated rings. The molecule has 14 heavy (non-hydrogen) atoms. The fourth-order valence-corrected chi connectivity index (χ4v) is 1.89. The predicted octanol–water partition coefficient (Wildman–Crippen LogP) is -0.207. The molecule has 0 unspecified atom stereocenters. The van der Waals surface area contributed by atoms with Gasteiger partial charge < -0.3 is 16.0 Å². The molecular weight excluding hydrogens is 178 g/mol. The summed E-state index contributed by atoms with van der Waals surface area (Å²) in [6, 6.07) is 0. The number of amides is 1. The lowest BCUT2D eigenvalue weighted by Crippen LogP contribution is -2.51. The minimum Gasteiger partial charge on any atom is -0.344 e. The number of carbonyl (C=O) groups is 1. The molecule has 0 heterocycles. The molecule has 3 N–H and O–H groups in total. The van der Waals surface area contributed by atoms with E-state index in [1.807, 2.05) is 14.1 Å². The highest BCUT2D eigenvalue weighted by atomic mass is 16.2. The molecule has 0 aromatic carbocycles. The summed E-state index contributed by atoms with van der Waals surface area (Å²) >= 11 is 0. The van der Waals surface area contributed by atoms with Crippen molar-refractivity contribution < 1.29 is 4.79 Å². The first kappa shape index (κ1) is 11.5. The highest BCUT2D eigenvalue weighted by Gasteiger charge is 2.44. The van der Waals surface area contributed by atoms with Crippen molar-refractivity contribution in [2.45, 2.75) is 19.3 Å². The van der Waals surface area contributed by atoms with E-state index in [0.717, 1.165) is 32.4 Å². The monoisotopic (exact) mass is 199 g/mol. The molecule has 1 rings (SSSR count). The molecule has 82 valence electrons. The SMILES string of the molecule is CNCCN(C)C(=O)C1(CN)CCC1. The number of nitrogens with zero attached hydrogens (tertiary/aromatic N) is 1. The summed E-state index contributed by atoms with van der Waals surface area (Å²) in [5.41, 5.74) is 5.45. The second kappa shape index (κ2) is 4.75. The molecular formula is C10H21N3O. The summed E-state index contributed by atoms with van der Waals surface area (Å²) in [4.78, 5) is 13.8. The van der Waals surface area contributed by atoms with E-state index < -0.39 is 0 Å². The Morgan fingerprint density at radius 1 is 1.57 bits per heavy atom. The third-order valence-electron chi connectivity index (χ3n) is 3.20. The molecule has 0 saturated heterocycles. The molecule has 1 amide bonds. The van der Waals surface area contributed by atoms with Gasteiger partial charge in [0.05, 0.1) is 5.41 Å². The molecule has 0 atom stereocenters. The van der Waals surface area contributed by atoms with E-state index >= 15 is 0 Å². The van der Waals surface area contributed by atoms with E-state index in [-0.39, 0.29) is 11.3 Å². The molecule has 4 heteroatoms. The van der Waals surface area contributed by atoms with Gasteiger partial charge in [0.15, 0.2) is 0 Å². The van der Waals surface area contributed by atoms with Gasteiger partial charge >= 0.3 is 0 Å². The van der Waals surface area contributed by atoms with Crippen LogP contribution >= 0.6 is 0 Å². The number of carbonyl (C=O) groups excluding carboxylic acids is 1. The summed E-state index contributed by atoms with van der Waals surface area (Å²) < 4.78 is 0. The molecule has 1 saturated carbocycles. The van der Waals surface area contributed by atoms with Crippen LogP contribution in [0.5, 0.6) is 0 Å². The average molecular weight is 199 g/mol. The topological polar surface area (TPSA) is 58.4 Å². The quantitative estimate of drug-likeness (QED) is 0.644. The van der Waals surface area contributed by atoms with Crippen molar-refractivity contribution in [3.05, 3.63) is 0 Å². The zero-order valence-corrected chi connectivity index (χ0v) is 9.18. The van der Waals surface area contributed by atoms with Crippen LogP contribution in [0.25, 0.3) is 0 Å². The minimum atomic E-state index is -0.220. The highest BCUT2D eigenvalue weighted by Crippen LogP contribution is 2.41. The van der Waals surface area contributed by atoms with Crippen LogP contribution in [-0.2, 0) is 4.79 Å². The number of hydrogen-bond donors (Lipinski definition) is 2. The number of nitrogens with one attached hydrogen (secondary N) is 1. The van der Waals surface area contributed by atoms with E-state index in [4.69, 9.17) is 5.73 Å². The zero-order chi connectivity index (χ0) is 10.6. The second-order valence-electron chi connectivity index (χ2n) is 4.17. The first-order chi connectivity index (χ1) is 6.66. The standard InChI is InChI=1S/C10H21N3O/c1-12-6-7-13(2)9(14)10(8-11)4-3-5-10/h12H,3-8,11H2,1-2H3. The zero-order valence-electron chi connectivity index (χ0n) is 9.18. The summed E-state index contributed by atoms with van der Waals surface area (Å²) in [6.45, 7) is 2.09. The van der Waals surface area contributed by atoms with Gasteiger partial charge in [-0.3, -0.25) is 4.79 Å². The Morgan fingerprint density at radius 3 is 2.57 bits per heavy atom. The molecule has 0 aliphatic heterocycles. The molecule has 0 aromatic heterocycles. The Kier molecular flexibility index (Phi) is 3.89. The largest absolute Gasteiger partial charge is 0.344 e. The van der Waals surface area contributed by atoms with Crippen LogP contribution in [0.2, 0.25) is 0 Å². The first-order valence-corrected chi connectivity index (χ1v) is 5.26. The second-order valence-corrected chi connectivity index (χ2v) is 4.17. The van der Waals surface area contributed by atoms with Crippen LogP contribution in [0.1, 0.15) is 19.3 Å². The number of hydrogen-bond acceptors (Lipinski definition) is 3. The van der Waals surface area contributed by atoms with Gasteiger partial charge in [0.1, 0.15) is 0 Å². The maximum atomic E-state index is 12.0. The normalized spacial score (nSPS) is 18.8. The van der Waals surface area contributed by atoms with Crippen LogP contribution in [0, 0.1) is 5.41 Å². The molecule has 1 aliphatic carbocycles. The van der Waals surface area contributed by atoms with Gasteiger partial charge in [0.2, 0.25) is 5.91 Å². The van der Waals surface area contributed by atoms with Crippen molar-refractivity contribution in [2.75, 3.05) is 33.7 Å². The lowest BCUT2D eigenvalue weighted by molar-refractivity contribution is -0.145. The Morgan fingerprint density at radius 2 is 2.21 bits per heavy atom. The molecule has 0 radical (unpaired) electrons. The molecule has 1 aliphatic rings. The fourth-order valence-electron chi connectivity index (χ4n) is 1.89. The molecule has 0 spiro atoms. The van der Waals surface area contributed by atoms with Crippen LogP contribution < -0.4 is 11.1 Å². The van der Waals surface area contributed by atoms with E-state index in [1.54, 1.807) is 4.90 Å². The van der Waals surface area contributed by atoms with Crippen LogP contribution in [0.15, 0.2) is 0 Å². The Bertz CT molecular complexity index is 196. The minimum absolute atomic E-state index is 0.220. The summed E-state index contributed by atoms with van der Waals surface area (Å²) in [5, 5.41) is 3.03.